The van der Waals surface area contributed by atoms with Crippen LogP contribution >= 0.6 is 0 Å². The summed E-state index contributed by atoms with van der Waals surface area (Å²) in [5.41, 5.74) is 3.96. The molecule has 1 fully saturated rings. The van der Waals surface area contributed by atoms with Crippen LogP contribution in [0.2, 0.25) is 0 Å². The summed E-state index contributed by atoms with van der Waals surface area (Å²) in [5.74, 6) is 0.786. The second-order valence-electron chi connectivity index (χ2n) is 8.44. The number of likely N-dealkylation sites (N-methyl/N-ethyl adjacent to an activating group) is 1. The maximum atomic E-state index is 11.9. The van der Waals surface area contributed by atoms with Gasteiger partial charge in [0.25, 0.3) is 0 Å². The largest absolute Gasteiger partial charge is 0.474 e. The lowest BCUT2D eigenvalue weighted by Crippen LogP contribution is -2.49. The number of nitrogens with one attached hydrogen (secondary N) is 2. The lowest BCUT2D eigenvalue weighted by atomic mass is 9.88. The zero-order chi connectivity index (χ0) is 23.8. The minimum absolute atomic E-state index is 0.0670. The van der Waals surface area contributed by atoms with E-state index in [-0.39, 0.29) is 18.1 Å². The van der Waals surface area contributed by atoms with Crippen molar-refractivity contribution in [2.45, 2.75) is 31.9 Å². The SMILES string of the molecule is C=CC(=O)N(C)[C@H]1C[C@H](Oc2nc(Nc3cn(C)nc3C)nc3[nH]cc(-c4ccccn4)c23)C1. The van der Waals surface area contributed by atoms with Crippen molar-refractivity contribution in [3.63, 3.8) is 0 Å². The van der Waals surface area contributed by atoms with Crippen LogP contribution in [0.25, 0.3) is 22.3 Å². The molecule has 10 nitrogen and oxygen atoms in total. The van der Waals surface area contributed by atoms with Crippen molar-refractivity contribution in [3.8, 4) is 17.1 Å². The number of fused-ring (bicyclic) bond motifs is 1. The number of anilines is 2. The standard InChI is InChI=1S/C24H26N8O2/c1-5-20(33)32(4)15-10-16(11-15)34-23-21-17(18-8-6-7-9-25-18)12-26-22(21)28-24(29-23)27-19-13-31(3)30-14(19)2/h5-9,12-13,15-16H,1,10-11H2,2-4H3,(H2,26,27,28,29)/t15-,16-. The van der Waals surface area contributed by atoms with E-state index in [4.69, 9.17) is 9.72 Å². The first-order valence-corrected chi connectivity index (χ1v) is 11.1. The van der Waals surface area contributed by atoms with Gasteiger partial charge in [-0.1, -0.05) is 12.6 Å². The number of hydrogen-bond donors (Lipinski definition) is 2. The first-order valence-electron chi connectivity index (χ1n) is 11.1. The third-order valence-corrected chi connectivity index (χ3v) is 6.12. The maximum absolute atomic E-state index is 11.9. The summed E-state index contributed by atoms with van der Waals surface area (Å²) in [4.78, 5) is 30.7. The number of amides is 1. The number of aromatic nitrogens is 6. The summed E-state index contributed by atoms with van der Waals surface area (Å²) in [6.45, 7) is 5.48. The Kier molecular flexibility index (Phi) is 5.48. The molecule has 1 aliphatic carbocycles. The van der Waals surface area contributed by atoms with E-state index in [1.807, 2.05) is 44.6 Å². The van der Waals surface area contributed by atoms with Crippen LogP contribution in [0.4, 0.5) is 11.6 Å². The summed E-state index contributed by atoms with van der Waals surface area (Å²) in [6.07, 6.45) is 8.19. The summed E-state index contributed by atoms with van der Waals surface area (Å²) in [5, 5.41) is 8.38. The van der Waals surface area contributed by atoms with Gasteiger partial charge in [0.2, 0.25) is 17.7 Å². The van der Waals surface area contributed by atoms with Crippen LogP contribution in [0.1, 0.15) is 18.5 Å². The number of rotatable bonds is 7. The highest BCUT2D eigenvalue weighted by molar-refractivity contribution is 5.97. The molecule has 0 bridgehead atoms. The van der Waals surface area contributed by atoms with Crippen LogP contribution in [0.15, 0.2) is 49.4 Å². The number of pyridine rings is 1. The van der Waals surface area contributed by atoms with Gasteiger partial charge in [0.15, 0.2) is 0 Å². The monoisotopic (exact) mass is 458 g/mol. The Bertz CT molecular complexity index is 1350. The smallest absolute Gasteiger partial charge is 0.245 e. The Labute approximate surface area is 196 Å². The highest BCUT2D eigenvalue weighted by Gasteiger charge is 2.36. The molecule has 0 unspecified atom stereocenters. The van der Waals surface area contributed by atoms with Crippen molar-refractivity contribution < 1.29 is 9.53 Å². The zero-order valence-corrected chi connectivity index (χ0v) is 19.3. The summed E-state index contributed by atoms with van der Waals surface area (Å²) in [7, 11) is 3.65. The van der Waals surface area contributed by atoms with E-state index in [1.54, 1.807) is 22.8 Å². The van der Waals surface area contributed by atoms with Gasteiger partial charge in [0, 0.05) is 57.1 Å². The van der Waals surface area contributed by atoms with Crippen LogP contribution in [-0.2, 0) is 11.8 Å². The number of hydrogen-bond acceptors (Lipinski definition) is 7. The molecular formula is C24H26N8O2. The molecule has 1 amide bonds. The molecule has 174 valence electrons. The van der Waals surface area contributed by atoms with Crippen molar-refractivity contribution in [2.24, 2.45) is 7.05 Å². The molecule has 5 rings (SSSR count). The Hall–Kier alpha value is -4.21. The Balaban J connectivity index is 1.48. The van der Waals surface area contributed by atoms with Gasteiger partial charge in [-0.05, 0) is 25.1 Å². The quantitative estimate of drug-likeness (QED) is 0.408. The van der Waals surface area contributed by atoms with E-state index in [1.165, 1.54) is 6.08 Å². The van der Waals surface area contributed by atoms with Crippen LogP contribution in [0, 0.1) is 6.92 Å². The first kappa shape index (κ1) is 21.6. The minimum atomic E-state index is -0.0886. The fourth-order valence-corrected chi connectivity index (χ4v) is 4.14. The molecule has 0 radical (unpaired) electrons. The normalized spacial score (nSPS) is 17.3. The molecule has 2 N–H and O–H groups in total. The van der Waals surface area contributed by atoms with E-state index >= 15 is 0 Å². The zero-order valence-electron chi connectivity index (χ0n) is 19.3. The van der Waals surface area contributed by atoms with Crippen molar-refractivity contribution in [1.82, 2.24) is 34.6 Å². The number of carbonyl (C=O) groups excluding carboxylic acids is 1. The fraction of sp³-hybridized carbons (Fsp3) is 0.292. The van der Waals surface area contributed by atoms with Crippen LogP contribution < -0.4 is 10.1 Å². The van der Waals surface area contributed by atoms with Crippen molar-refractivity contribution >= 4 is 28.6 Å². The molecule has 1 aliphatic rings. The second-order valence-corrected chi connectivity index (χ2v) is 8.44. The van der Waals surface area contributed by atoms with Crippen molar-refractivity contribution in [2.75, 3.05) is 12.4 Å². The van der Waals surface area contributed by atoms with Crippen molar-refractivity contribution in [1.29, 1.82) is 0 Å². The molecular weight excluding hydrogens is 432 g/mol. The van der Waals surface area contributed by atoms with Gasteiger partial charge in [-0.3, -0.25) is 14.5 Å². The summed E-state index contributed by atoms with van der Waals surface area (Å²) < 4.78 is 8.10. The Morgan fingerprint density at radius 2 is 2.18 bits per heavy atom. The number of aromatic amines is 1. The molecule has 0 aromatic carbocycles. The number of H-pyrrole nitrogens is 1. The molecule has 0 spiro atoms. The lowest BCUT2D eigenvalue weighted by molar-refractivity contribution is -0.130. The predicted octanol–water partition coefficient (Wildman–Crippen LogP) is 3.36. The molecule has 4 aromatic rings. The molecule has 0 atom stereocenters. The third-order valence-electron chi connectivity index (χ3n) is 6.12. The van der Waals surface area contributed by atoms with E-state index in [2.05, 4.69) is 31.9 Å². The van der Waals surface area contributed by atoms with Crippen LogP contribution in [0.3, 0.4) is 0 Å². The van der Waals surface area contributed by atoms with Gasteiger partial charge in [-0.15, -0.1) is 0 Å². The van der Waals surface area contributed by atoms with Crippen molar-refractivity contribution in [3.05, 3.63) is 55.1 Å². The third kappa shape index (κ3) is 3.98. The average Bonchev–Trinajstić information content (AvgIpc) is 3.37. The molecule has 4 heterocycles. The van der Waals surface area contributed by atoms with Gasteiger partial charge in [-0.2, -0.15) is 15.1 Å². The van der Waals surface area contributed by atoms with E-state index in [0.29, 0.717) is 17.5 Å². The first-order chi connectivity index (χ1) is 16.4. The van der Waals surface area contributed by atoms with Gasteiger partial charge in [0.05, 0.1) is 22.5 Å². The van der Waals surface area contributed by atoms with Gasteiger partial charge in [0.1, 0.15) is 11.8 Å². The molecule has 0 saturated heterocycles. The minimum Gasteiger partial charge on any atom is -0.474 e. The van der Waals surface area contributed by atoms with Gasteiger partial charge >= 0.3 is 0 Å². The van der Waals surface area contributed by atoms with Crippen LogP contribution in [0.5, 0.6) is 5.88 Å². The highest BCUT2D eigenvalue weighted by atomic mass is 16.5. The van der Waals surface area contributed by atoms with E-state index in [0.717, 1.165) is 40.9 Å². The Morgan fingerprint density at radius 3 is 2.85 bits per heavy atom. The molecule has 10 heteroatoms. The maximum Gasteiger partial charge on any atom is 0.245 e. The number of nitrogens with zero attached hydrogens (tertiary/aromatic N) is 6. The lowest BCUT2D eigenvalue weighted by Gasteiger charge is -2.40. The number of ether oxygens (including phenoxy) is 1. The predicted molar refractivity (Wildman–Crippen MR) is 129 cm³/mol. The van der Waals surface area contributed by atoms with Gasteiger partial charge in [-0.25, -0.2) is 0 Å². The number of aryl methyl sites for hydroxylation is 2. The average molecular weight is 459 g/mol. The molecule has 0 aliphatic heterocycles. The van der Waals surface area contributed by atoms with Crippen LogP contribution in [-0.4, -0.2) is 59.7 Å². The highest BCUT2D eigenvalue weighted by Crippen LogP contribution is 2.37. The summed E-state index contributed by atoms with van der Waals surface area (Å²) in [6, 6.07) is 5.87. The number of carbonyl (C=O) groups is 1. The molecule has 34 heavy (non-hydrogen) atoms. The summed E-state index contributed by atoms with van der Waals surface area (Å²) >= 11 is 0. The second kappa shape index (κ2) is 8.62. The fourth-order valence-electron chi connectivity index (χ4n) is 4.14. The van der Waals surface area contributed by atoms with E-state index < -0.39 is 0 Å². The van der Waals surface area contributed by atoms with Gasteiger partial charge < -0.3 is 19.9 Å². The molecule has 1 saturated carbocycles. The van der Waals surface area contributed by atoms with E-state index in [9.17, 15) is 4.79 Å². The Morgan fingerprint density at radius 1 is 1.35 bits per heavy atom. The topological polar surface area (TPSA) is 114 Å². The molecule has 4 aromatic heterocycles.